The highest BCUT2D eigenvalue weighted by atomic mass is 16.4. The second-order valence-electron chi connectivity index (χ2n) is 8.46. The minimum absolute atomic E-state index is 0.330. The lowest BCUT2D eigenvalue weighted by Gasteiger charge is -2.03. The Balaban J connectivity index is 1.43. The van der Waals surface area contributed by atoms with E-state index in [0.29, 0.717) is 6.42 Å². The van der Waals surface area contributed by atoms with Gasteiger partial charge in [0.1, 0.15) is 13.6 Å². The molecule has 4 heteroatoms. The Labute approximate surface area is 182 Å². The number of pyridine rings is 2. The Bertz CT molecular complexity index is 711. The molecular weight excluding hydrogens is 372 g/mol. The molecule has 0 spiro atoms. The van der Waals surface area contributed by atoms with E-state index in [-0.39, 0.29) is 0 Å². The lowest BCUT2D eigenvalue weighted by atomic mass is 10.0. The number of rotatable bonds is 16. The number of hydrogen-bond acceptors (Lipinski definition) is 1. The fourth-order valence-corrected chi connectivity index (χ4v) is 3.83. The number of aliphatic carboxylic acids is 1. The molecule has 2 heterocycles. The van der Waals surface area contributed by atoms with Crippen LogP contribution in [0.4, 0.5) is 0 Å². The highest BCUT2D eigenvalue weighted by molar-refractivity contribution is 5.66. The van der Waals surface area contributed by atoms with Gasteiger partial charge >= 0.3 is 5.97 Å². The third kappa shape index (κ3) is 10.5. The summed E-state index contributed by atoms with van der Waals surface area (Å²) in [5, 5.41) is 8.60. The smallest absolute Gasteiger partial charge is 0.303 e. The zero-order valence-corrected chi connectivity index (χ0v) is 18.8. The van der Waals surface area contributed by atoms with Crippen molar-refractivity contribution in [1.29, 1.82) is 0 Å². The fourth-order valence-electron chi connectivity index (χ4n) is 3.83. The molecule has 0 aromatic carbocycles. The molecule has 1 N–H and O–H groups in total. The summed E-state index contributed by atoms with van der Waals surface area (Å²) in [4.78, 5) is 10.4. The number of aryl methyl sites for hydroxylation is 2. The van der Waals surface area contributed by atoms with Gasteiger partial charge in [-0.05, 0) is 24.0 Å². The molecule has 0 atom stereocenters. The van der Waals surface area contributed by atoms with Gasteiger partial charge in [-0.3, -0.25) is 4.79 Å². The molecule has 0 unspecified atom stereocenters. The molecule has 4 nitrogen and oxygen atoms in total. The van der Waals surface area contributed by atoms with Crippen LogP contribution in [0.3, 0.4) is 0 Å². The zero-order valence-electron chi connectivity index (χ0n) is 18.8. The van der Waals surface area contributed by atoms with Crippen LogP contribution in [0, 0.1) is 0 Å². The molecule has 0 radical (unpaired) electrons. The van der Waals surface area contributed by atoms with Crippen LogP contribution in [0.25, 0.3) is 11.1 Å². The Kier molecular flexibility index (Phi) is 11.8. The quantitative estimate of drug-likeness (QED) is 0.287. The van der Waals surface area contributed by atoms with Gasteiger partial charge < -0.3 is 5.11 Å². The third-order valence-corrected chi connectivity index (χ3v) is 5.76. The van der Waals surface area contributed by atoms with Gasteiger partial charge in [-0.2, -0.15) is 0 Å². The average molecular weight is 413 g/mol. The molecule has 0 saturated heterocycles. The number of unbranched alkanes of at least 4 members (excludes halogenated alkanes) is 11. The Morgan fingerprint density at radius 1 is 0.667 bits per heavy atom. The van der Waals surface area contributed by atoms with E-state index in [2.05, 4.69) is 58.2 Å². The van der Waals surface area contributed by atoms with Gasteiger partial charge in [-0.15, -0.1) is 0 Å². The maximum absolute atomic E-state index is 10.4. The summed E-state index contributed by atoms with van der Waals surface area (Å²) in [6.07, 6.45) is 23.9. The van der Waals surface area contributed by atoms with E-state index in [4.69, 9.17) is 5.11 Å². The molecule has 164 valence electrons. The number of carbonyl (C=O) groups is 1. The standard InChI is InChI=1S/C26H39N2O2/c1-27-20-15-24(16-21-27)25-17-22-28(23-18-25)19-13-11-9-7-5-3-2-4-6-8-10-12-14-26(29)30/h15-18,20-23H,2-14,19H2,1H3/q+1/p+1. The van der Waals surface area contributed by atoms with E-state index in [1.807, 2.05) is 7.05 Å². The maximum atomic E-state index is 10.4. The van der Waals surface area contributed by atoms with Crippen LogP contribution >= 0.6 is 0 Å². The Morgan fingerprint density at radius 2 is 1.07 bits per heavy atom. The normalized spacial score (nSPS) is 11.0. The minimum Gasteiger partial charge on any atom is -0.481 e. The molecule has 2 aromatic heterocycles. The first-order valence-electron chi connectivity index (χ1n) is 11.8. The topological polar surface area (TPSA) is 45.1 Å². The van der Waals surface area contributed by atoms with Crippen molar-refractivity contribution in [2.75, 3.05) is 0 Å². The fraction of sp³-hybridized carbons (Fsp3) is 0.577. The zero-order chi connectivity index (χ0) is 21.4. The maximum Gasteiger partial charge on any atom is 0.303 e. The Hall–Kier alpha value is -2.23. The molecule has 0 aliphatic carbocycles. The number of hydrogen-bond donors (Lipinski definition) is 1. The lowest BCUT2D eigenvalue weighted by molar-refractivity contribution is -0.697. The first-order chi connectivity index (χ1) is 14.6. The highest BCUT2D eigenvalue weighted by Gasteiger charge is 2.04. The summed E-state index contributed by atoms with van der Waals surface area (Å²) in [5.41, 5.74) is 2.53. The SMILES string of the molecule is C[n+]1ccc(-c2cc[n+](CCCCCCCCCCCCCCC(=O)O)cc2)cc1. The van der Waals surface area contributed by atoms with Crippen molar-refractivity contribution >= 4 is 5.97 Å². The van der Waals surface area contributed by atoms with Crippen molar-refractivity contribution < 1.29 is 19.0 Å². The summed E-state index contributed by atoms with van der Waals surface area (Å²) in [6.45, 7) is 1.10. The van der Waals surface area contributed by atoms with Crippen LogP contribution < -0.4 is 9.13 Å². The van der Waals surface area contributed by atoms with Gasteiger partial charge in [-0.1, -0.05) is 57.8 Å². The summed E-state index contributed by atoms with van der Waals surface area (Å²) in [7, 11) is 2.04. The van der Waals surface area contributed by atoms with Crippen molar-refractivity contribution in [2.45, 2.75) is 90.0 Å². The van der Waals surface area contributed by atoms with Gasteiger partial charge in [-0.25, -0.2) is 9.13 Å². The second-order valence-corrected chi connectivity index (χ2v) is 8.46. The van der Waals surface area contributed by atoms with Crippen LogP contribution in [-0.4, -0.2) is 11.1 Å². The van der Waals surface area contributed by atoms with E-state index >= 15 is 0 Å². The molecule has 0 fully saturated rings. The summed E-state index contributed by atoms with van der Waals surface area (Å²) in [5.74, 6) is -0.663. The largest absolute Gasteiger partial charge is 0.481 e. The summed E-state index contributed by atoms with van der Waals surface area (Å²) >= 11 is 0. The van der Waals surface area contributed by atoms with Crippen LogP contribution in [0.2, 0.25) is 0 Å². The van der Waals surface area contributed by atoms with Gasteiger partial charge in [0.15, 0.2) is 24.8 Å². The summed E-state index contributed by atoms with van der Waals surface area (Å²) in [6, 6.07) is 8.73. The molecule has 0 amide bonds. The van der Waals surface area contributed by atoms with Crippen LogP contribution in [0.15, 0.2) is 49.1 Å². The molecular formula is C26H40N2O2+2. The van der Waals surface area contributed by atoms with E-state index in [0.717, 1.165) is 19.4 Å². The molecule has 2 aromatic rings. The predicted molar refractivity (Wildman–Crippen MR) is 121 cm³/mol. The van der Waals surface area contributed by atoms with Gasteiger partial charge in [0.05, 0.1) is 0 Å². The van der Waals surface area contributed by atoms with Crippen molar-refractivity contribution in [2.24, 2.45) is 7.05 Å². The van der Waals surface area contributed by atoms with Gasteiger partial charge in [0.2, 0.25) is 0 Å². The molecule has 0 saturated carbocycles. The molecule has 2 rings (SSSR count). The van der Waals surface area contributed by atoms with Crippen LogP contribution in [-0.2, 0) is 18.4 Å². The lowest BCUT2D eigenvalue weighted by Crippen LogP contribution is -2.32. The van der Waals surface area contributed by atoms with E-state index in [1.54, 1.807) is 0 Å². The molecule has 0 aliphatic heterocycles. The van der Waals surface area contributed by atoms with Crippen LogP contribution in [0.5, 0.6) is 0 Å². The third-order valence-electron chi connectivity index (χ3n) is 5.76. The van der Waals surface area contributed by atoms with E-state index in [9.17, 15) is 4.79 Å². The molecule has 30 heavy (non-hydrogen) atoms. The molecule has 0 aliphatic rings. The van der Waals surface area contributed by atoms with E-state index < -0.39 is 5.97 Å². The van der Waals surface area contributed by atoms with Crippen LogP contribution in [0.1, 0.15) is 83.5 Å². The van der Waals surface area contributed by atoms with Crippen molar-refractivity contribution in [3.63, 3.8) is 0 Å². The Morgan fingerprint density at radius 3 is 1.53 bits per heavy atom. The first-order valence-corrected chi connectivity index (χ1v) is 11.8. The monoisotopic (exact) mass is 412 g/mol. The number of carboxylic acids is 1. The summed E-state index contributed by atoms with van der Waals surface area (Å²) < 4.78 is 4.35. The number of carboxylic acid groups (broad SMARTS) is 1. The van der Waals surface area contributed by atoms with Crippen molar-refractivity contribution in [3.05, 3.63) is 49.1 Å². The first kappa shape index (κ1) is 24.0. The average Bonchev–Trinajstić information content (AvgIpc) is 2.75. The number of aromatic nitrogens is 2. The van der Waals surface area contributed by atoms with Gasteiger partial charge in [0, 0.05) is 37.1 Å². The predicted octanol–water partition coefficient (Wildman–Crippen LogP) is 5.62. The van der Waals surface area contributed by atoms with Crippen molar-refractivity contribution in [3.8, 4) is 11.1 Å². The molecule has 0 bridgehead atoms. The number of nitrogens with zero attached hydrogens (tertiary/aromatic N) is 2. The van der Waals surface area contributed by atoms with E-state index in [1.165, 1.54) is 75.3 Å². The minimum atomic E-state index is -0.663. The second kappa shape index (κ2) is 14.7. The highest BCUT2D eigenvalue weighted by Crippen LogP contribution is 2.16. The van der Waals surface area contributed by atoms with Gasteiger partial charge in [0.25, 0.3) is 0 Å². The van der Waals surface area contributed by atoms with Crippen molar-refractivity contribution in [1.82, 2.24) is 0 Å².